The zero-order valence-electron chi connectivity index (χ0n) is 16.2. The van der Waals surface area contributed by atoms with Crippen LogP contribution in [0.25, 0.3) is 5.57 Å². The van der Waals surface area contributed by atoms with Gasteiger partial charge in [-0.3, -0.25) is 0 Å². The lowest BCUT2D eigenvalue weighted by molar-refractivity contribution is -0.133. The largest absolute Gasteiger partial charge is 0.503 e. The number of carbonyl (C=O) groups is 1. The van der Waals surface area contributed by atoms with Gasteiger partial charge in [-0.1, -0.05) is 36.4 Å². The molecule has 3 rings (SSSR count). The van der Waals surface area contributed by atoms with Crippen LogP contribution in [0.2, 0.25) is 0 Å². The van der Waals surface area contributed by atoms with Gasteiger partial charge in [-0.25, -0.2) is 23.2 Å². The minimum absolute atomic E-state index is 0.00594. The van der Waals surface area contributed by atoms with Crippen molar-refractivity contribution in [3.05, 3.63) is 78.8 Å². The zero-order chi connectivity index (χ0) is 21.6. The Labute approximate surface area is 173 Å². The van der Waals surface area contributed by atoms with Crippen LogP contribution in [0.3, 0.4) is 0 Å². The van der Waals surface area contributed by atoms with E-state index >= 15 is 0 Å². The maximum absolute atomic E-state index is 12.8. The molecule has 0 fully saturated rings. The lowest BCUT2D eigenvalue weighted by Gasteiger charge is -2.12. The summed E-state index contributed by atoms with van der Waals surface area (Å²) in [6.45, 7) is 0. The molecule has 0 amide bonds. The number of aromatic nitrogens is 2. The Morgan fingerprint density at radius 2 is 1.67 bits per heavy atom. The Morgan fingerprint density at radius 1 is 0.967 bits per heavy atom. The van der Waals surface area contributed by atoms with Crippen molar-refractivity contribution in [3.63, 3.8) is 0 Å². The van der Waals surface area contributed by atoms with Crippen molar-refractivity contribution in [1.82, 2.24) is 9.97 Å². The van der Waals surface area contributed by atoms with Crippen LogP contribution in [0.1, 0.15) is 5.56 Å². The van der Waals surface area contributed by atoms with E-state index in [1.165, 1.54) is 38.7 Å². The molecule has 3 aromatic rings. The molecule has 0 aliphatic rings. The highest BCUT2D eigenvalue weighted by Gasteiger charge is 2.22. The quantitative estimate of drug-likeness (QED) is 0.245. The molecule has 0 bridgehead atoms. The maximum atomic E-state index is 12.8. The van der Waals surface area contributed by atoms with Crippen molar-refractivity contribution in [2.45, 2.75) is 9.92 Å². The standard InChI is InChI=1S/C21H18N2O6S/c1-27-13-17(21(24)28-2)16-10-6-7-11-18(16)29-19-12-20(23-14-22-19)30(25,26)15-8-4-3-5-9-15/h3-14H,1-2H3. The summed E-state index contributed by atoms with van der Waals surface area (Å²) in [5, 5.41) is -0.211. The molecule has 1 aromatic heterocycles. The Kier molecular flexibility index (Phi) is 6.43. The fourth-order valence-corrected chi connectivity index (χ4v) is 3.78. The van der Waals surface area contributed by atoms with Gasteiger partial charge in [0.25, 0.3) is 0 Å². The molecular weight excluding hydrogens is 408 g/mol. The van der Waals surface area contributed by atoms with E-state index < -0.39 is 15.8 Å². The van der Waals surface area contributed by atoms with E-state index in [1.807, 2.05) is 0 Å². The Balaban J connectivity index is 1.99. The average molecular weight is 426 g/mol. The van der Waals surface area contributed by atoms with Crippen LogP contribution in [-0.2, 0) is 24.1 Å². The molecular formula is C21H18N2O6S. The molecule has 0 saturated heterocycles. The number of ether oxygens (including phenoxy) is 3. The van der Waals surface area contributed by atoms with Gasteiger partial charge in [-0.15, -0.1) is 0 Å². The van der Waals surface area contributed by atoms with E-state index in [1.54, 1.807) is 42.5 Å². The number of para-hydroxylation sites is 1. The van der Waals surface area contributed by atoms with Gasteiger partial charge >= 0.3 is 5.97 Å². The van der Waals surface area contributed by atoms with E-state index in [0.717, 1.165) is 6.33 Å². The van der Waals surface area contributed by atoms with E-state index in [9.17, 15) is 13.2 Å². The lowest BCUT2D eigenvalue weighted by Crippen LogP contribution is -2.07. The first-order valence-corrected chi connectivity index (χ1v) is 10.2. The number of hydrogen-bond acceptors (Lipinski definition) is 8. The molecule has 0 aliphatic heterocycles. The van der Waals surface area contributed by atoms with Gasteiger partial charge < -0.3 is 14.2 Å². The van der Waals surface area contributed by atoms with Crippen LogP contribution in [-0.4, -0.2) is 38.6 Å². The molecule has 0 radical (unpaired) electrons. The third kappa shape index (κ3) is 4.47. The maximum Gasteiger partial charge on any atom is 0.341 e. The molecule has 8 nitrogen and oxygen atoms in total. The SMILES string of the molecule is COC=C(C(=O)OC)c1ccccc1Oc1cc(S(=O)(=O)c2ccccc2)ncn1. The first-order chi connectivity index (χ1) is 14.5. The van der Waals surface area contributed by atoms with E-state index in [4.69, 9.17) is 14.2 Å². The summed E-state index contributed by atoms with van der Waals surface area (Å²) in [5.74, 6) is -0.371. The molecule has 0 spiro atoms. The number of hydrogen-bond donors (Lipinski definition) is 0. The lowest BCUT2D eigenvalue weighted by atomic mass is 10.1. The van der Waals surface area contributed by atoms with Crippen LogP contribution in [0.15, 0.2) is 83.2 Å². The molecule has 2 aromatic carbocycles. The molecule has 30 heavy (non-hydrogen) atoms. The third-order valence-electron chi connectivity index (χ3n) is 3.98. The predicted octanol–water partition coefficient (Wildman–Crippen LogP) is 3.26. The minimum Gasteiger partial charge on any atom is -0.503 e. The summed E-state index contributed by atoms with van der Waals surface area (Å²) in [4.78, 5) is 20.1. The average Bonchev–Trinajstić information content (AvgIpc) is 2.78. The van der Waals surface area contributed by atoms with Crippen LogP contribution < -0.4 is 4.74 Å². The second-order valence-corrected chi connectivity index (χ2v) is 7.76. The summed E-state index contributed by atoms with van der Waals surface area (Å²) >= 11 is 0. The molecule has 9 heteroatoms. The third-order valence-corrected chi connectivity index (χ3v) is 5.65. The van der Waals surface area contributed by atoms with Gasteiger partial charge in [-0.05, 0) is 18.2 Å². The highest BCUT2D eigenvalue weighted by atomic mass is 32.2. The summed E-state index contributed by atoms with van der Waals surface area (Å²) < 4.78 is 41.1. The second kappa shape index (κ2) is 9.19. The van der Waals surface area contributed by atoms with Gasteiger partial charge in [0.2, 0.25) is 15.7 Å². The molecule has 0 unspecified atom stereocenters. The Bertz CT molecular complexity index is 1180. The molecule has 0 saturated carbocycles. The van der Waals surface area contributed by atoms with Gasteiger partial charge in [-0.2, -0.15) is 0 Å². The van der Waals surface area contributed by atoms with Crippen molar-refractivity contribution in [3.8, 4) is 11.6 Å². The first-order valence-electron chi connectivity index (χ1n) is 8.68. The van der Waals surface area contributed by atoms with Gasteiger partial charge in [0.1, 0.15) is 17.6 Å². The van der Waals surface area contributed by atoms with E-state index in [0.29, 0.717) is 5.56 Å². The normalized spacial score (nSPS) is 11.6. The fraction of sp³-hybridized carbons (Fsp3) is 0.0952. The van der Waals surface area contributed by atoms with Crippen LogP contribution in [0, 0.1) is 0 Å². The summed E-state index contributed by atoms with van der Waals surface area (Å²) in [7, 11) is -1.19. The van der Waals surface area contributed by atoms with Crippen molar-refractivity contribution < 1.29 is 27.4 Å². The van der Waals surface area contributed by atoms with Crippen molar-refractivity contribution in [2.75, 3.05) is 14.2 Å². The number of esters is 1. The number of carbonyl (C=O) groups excluding carboxylic acids is 1. The number of benzene rings is 2. The predicted molar refractivity (Wildman–Crippen MR) is 107 cm³/mol. The molecule has 0 aliphatic carbocycles. The highest BCUT2D eigenvalue weighted by molar-refractivity contribution is 7.91. The number of methoxy groups -OCH3 is 2. The van der Waals surface area contributed by atoms with E-state index in [-0.39, 0.29) is 27.1 Å². The smallest absolute Gasteiger partial charge is 0.341 e. The fourth-order valence-electron chi connectivity index (χ4n) is 2.59. The van der Waals surface area contributed by atoms with Crippen molar-refractivity contribution in [2.24, 2.45) is 0 Å². The number of nitrogens with zero attached hydrogens (tertiary/aromatic N) is 2. The highest BCUT2D eigenvalue weighted by Crippen LogP contribution is 2.31. The molecule has 0 atom stereocenters. The second-order valence-electron chi connectivity index (χ2n) is 5.87. The summed E-state index contributed by atoms with van der Waals surface area (Å²) in [5.41, 5.74) is 0.513. The summed E-state index contributed by atoms with van der Waals surface area (Å²) in [6.07, 6.45) is 2.33. The van der Waals surface area contributed by atoms with Gasteiger partial charge in [0.15, 0.2) is 5.03 Å². The molecule has 0 N–H and O–H groups in total. The molecule has 1 heterocycles. The summed E-state index contributed by atoms with van der Waals surface area (Å²) in [6, 6.07) is 15.8. The zero-order valence-corrected chi connectivity index (χ0v) is 17.0. The van der Waals surface area contributed by atoms with Crippen LogP contribution in [0.5, 0.6) is 11.6 Å². The number of rotatable bonds is 7. The van der Waals surface area contributed by atoms with Crippen LogP contribution in [0.4, 0.5) is 0 Å². The van der Waals surface area contributed by atoms with E-state index in [2.05, 4.69) is 9.97 Å². The number of sulfone groups is 1. The van der Waals surface area contributed by atoms with Gasteiger partial charge in [0.05, 0.1) is 25.4 Å². The van der Waals surface area contributed by atoms with Crippen molar-refractivity contribution in [1.29, 1.82) is 0 Å². The van der Waals surface area contributed by atoms with Gasteiger partial charge in [0, 0.05) is 11.6 Å². The molecule has 154 valence electrons. The van der Waals surface area contributed by atoms with Crippen LogP contribution >= 0.6 is 0 Å². The minimum atomic E-state index is -3.84. The monoisotopic (exact) mass is 426 g/mol. The Morgan fingerprint density at radius 3 is 2.37 bits per heavy atom. The van der Waals surface area contributed by atoms with Crippen molar-refractivity contribution >= 4 is 21.4 Å². The topological polar surface area (TPSA) is 105 Å². The Hall–Kier alpha value is -3.72. The first kappa shape index (κ1) is 21.0.